The summed E-state index contributed by atoms with van der Waals surface area (Å²) < 4.78 is 1.80. The molecule has 0 N–H and O–H groups in total. The van der Waals surface area contributed by atoms with Crippen molar-refractivity contribution in [2.75, 3.05) is 13.1 Å². The number of likely N-dealkylation sites (tertiary alicyclic amines) is 1. The van der Waals surface area contributed by atoms with E-state index in [-0.39, 0.29) is 11.8 Å². The Kier molecular flexibility index (Phi) is 3.99. The molecule has 1 aliphatic rings. The molecule has 1 saturated heterocycles. The van der Waals surface area contributed by atoms with Crippen molar-refractivity contribution in [3.05, 3.63) is 39.4 Å². The number of rotatable bonds is 2. The normalized spacial score (nSPS) is 18.0. The van der Waals surface area contributed by atoms with E-state index < -0.39 is 0 Å². The maximum Gasteiger partial charge on any atom is 0.265 e. The second-order valence-corrected chi connectivity index (χ2v) is 7.74. The van der Waals surface area contributed by atoms with E-state index in [2.05, 4.69) is 26.1 Å². The van der Waals surface area contributed by atoms with Gasteiger partial charge in [-0.1, -0.05) is 0 Å². The average molecular weight is 356 g/mol. The van der Waals surface area contributed by atoms with Crippen LogP contribution in [-0.4, -0.2) is 48.5 Å². The maximum atomic E-state index is 12.9. The van der Waals surface area contributed by atoms with Crippen molar-refractivity contribution in [1.29, 1.82) is 0 Å². The number of fused-ring (bicyclic) bond motifs is 1. The number of hydrogen-bond acceptors (Lipinski definition) is 6. The van der Waals surface area contributed by atoms with E-state index in [0.29, 0.717) is 12.3 Å². The first-order chi connectivity index (χ1) is 12.0. The molecule has 3 aromatic heterocycles. The lowest BCUT2D eigenvalue weighted by Gasteiger charge is -2.32. The lowest BCUT2D eigenvalue weighted by molar-refractivity contribution is 0.0709. The van der Waals surface area contributed by atoms with Crippen LogP contribution >= 0.6 is 11.3 Å². The molecule has 8 heteroatoms. The van der Waals surface area contributed by atoms with Crippen molar-refractivity contribution in [1.82, 2.24) is 29.5 Å². The Balaban J connectivity index is 1.63. The van der Waals surface area contributed by atoms with Gasteiger partial charge in [0.25, 0.3) is 11.7 Å². The molecule has 7 nitrogen and oxygen atoms in total. The van der Waals surface area contributed by atoms with Crippen LogP contribution in [-0.2, 0) is 0 Å². The summed E-state index contributed by atoms with van der Waals surface area (Å²) in [6.45, 7) is 7.29. The molecule has 1 fully saturated rings. The van der Waals surface area contributed by atoms with Gasteiger partial charge in [0.2, 0.25) is 0 Å². The van der Waals surface area contributed by atoms with Crippen molar-refractivity contribution in [2.45, 2.75) is 39.5 Å². The second-order valence-electron chi connectivity index (χ2n) is 6.53. The van der Waals surface area contributed by atoms with Gasteiger partial charge in [0, 0.05) is 24.7 Å². The lowest BCUT2D eigenvalue weighted by Crippen LogP contribution is -2.39. The van der Waals surface area contributed by atoms with Crippen LogP contribution in [0.25, 0.3) is 5.78 Å². The number of carbonyl (C=O) groups is 1. The molecule has 0 bridgehead atoms. The highest BCUT2D eigenvalue weighted by Gasteiger charge is 2.29. The van der Waals surface area contributed by atoms with E-state index in [0.717, 1.165) is 46.4 Å². The Hall–Kier alpha value is -2.35. The monoisotopic (exact) mass is 356 g/mol. The summed E-state index contributed by atoms with van der Waals surface area (Å²) in [6.07, 6.45) is 3.54. The minimum Gasteiger partial charge on any atom is -0.337 e. The zero-order chi connectivity index (χ0) is 17.6. The van der Waals surface area contributed by atoms with Gasteiger partial charge in [-0.3, -0.25) is 4.79 Å². The fourth-order valence-electron chi connectivity index (χ4n) is 3.53. The summed E-state index contributed by atoms with van der Waals surface area (Å²) >= 11 is 1.48. The summed E-state index contributed by atoms with van der Waals surface area (Å²) in [5.41, 5.74) is 2.83. The van der Waals surface area contributed by atoms with Gasteiger partial charge in [-0.05, 0) is 39.7 Å². The molecule has 0 saturated carbocycles. The number of thiazole rings is 1. The van der Waals surface area contributed by atoms with Crippen molar-refractivity contribution in [3.63, 3.8) is 0 Å². The zero-order valence-corrected chi connectivity index (χ0v) is 15.4. The molecule has 4 heterocycles. The predicted octanol–water partition coefficient (Wildman–Crippen LogP) is 2.53. The Morgan fingerprint density at radius 3 is 2.88 bits per heavy atom. The van der Waals surface area contributed by atoms with Gasteiger partial charge in [-0.2, -0.15) is 10.1 Å². The van der Waals surface area contributed by atoms with Crippen LogP contribution in [0.2, 0.25) is 0 Å². The molecule has 1 amide bonds. The van der Waals surface area contributed by atoms with Gasteiger partial charge in [0.1, 0.15) is 11.2 Å². The Morgan fingerprint density at radius 2 is 2.12 bits per heavy atom. The summed E-state index contributed by atoms with van der Waals surface area (Å²) in [6, 6.07) is 2.06. The van der Waals surface area contributed by atoms with E-state index in [9.17, 15) is 4.79 Å². The van der Waals surface area contributed by atoms with Crippen molar-refractivity contribution in [3.8, 4) is 0 Å². The average Bonchev–Trinajstić information content (AvgIpc) is 3.19. The van der Waals surface area contributed by atoms with Crippen LogP contribution in [0.1, 0.15) is 50.5 Å². The van der Waals surface area contributed by atoms with E-state index in [1.54, 1.807) is 4.52 Å². The third-order valence-electron chi connectivity index (χ3n) is 4.63. The molecule has 130 valence electrons. The quantitative estimate of drug-likeness (QED) is 0.705. The number of piperidine rings is 1. The smallest absolute Gasteiger partial charge is 0.265 e. The van der Waals surface area contributed by atoms with Gasteiger partial charge >= 0.3 is 0 Å². The van der Waals surface area contributed by atoms with Gasteiger partial charge in [-0.25, -0.2) is 14.5 Å². The number of aryl methyl sites for hydroxylation is 3. The van der Waals surface area contributed by atoms with E-state index >= 15 is 0 Å². The summed E-state index contributed by atoms with van der Waals surface area (Å²) in [5.74, 6) is 0.943. The van der Waals surface area contributed by atoms with E-state index in [4.69, 9.17) is 0 Å². The standard InChI is InChI=1S/C17H20N6OS/c1-10-7-14(23-17(20-10)18-9-19-23)13-5-4-6-22(8-13)16(24)15-11(2)21-12(3)25-15/h7,9,13H,4-6,8H2,1-3H3. The van der Waals surface area contributed by atoms with Crippen LogP contribution in [0.5, 0.6) is 0 Å². The molecule has 4 rings (SSSR count). The maximum absolute atomic E-state index is 12.9. The highest BCUT2D eigenvalue weighted by molar-refractivity contribution is 7.13. The molecular weight excluding hydrogens is 336 g/mol. The van der Waals surface area contributed by atoms with Crippen LogP contribution in [0.3, 0.4) is 0 Å². The number of amides is 1. The van der Waals surface area contributed by atoms with Gasteiger partial charge in [0.15, 0.2) is 0 Å². The minimum atomic E-state index is 0.0911. The molecule has 1 unspecified atom stereocenters. The molecule has 0 aromatic carbocycles. The first-order valence-corrected chi connectivity index (χ1v) is 9.25. The third-order valence-corrected chi connectivity index (χ3v) is 5.69. The third kappa shape index (κ3) is 2.90. The number of aromatic nitrogens is 5. The molecule has 1 atom stereocenters. The number of hydrogen-bond donors (Lipinski definition) is 0. The van der Waals surface area contributed by atoms with E-state index in [1.165, 1.54) is 17.7 Å². The van der Waals surface area contributed by atoms with Crippen LogP contribution < -0.4 is 0 Å². The highest BCUT2D eigenvalue weighted by Crippen LogP contribution is 2.29. The summed E-state index contributed by atoms with van der Waals surface area (Å²) in [7, 11) is 0. The molecule has 25 heavy (non-hydrogen) atoms. The molecule has 1 aliphatic heterocycles. The lowest BCUT2D eigenvalue weighted by atomic mass is 9.94. The number of carbonyl (C=O) groups excluding carboxylic acids is 1. The van der Waals surface area contributed by atoms with Crippen molar-refractivity contribution in [2.24, 2.45) is 0 Å². The Labute approximate surface area is 149 Å². The largest absolute Gasteiger partial charge is 0.337 e. The first-order valence-electron chi connectivity index (χ1n) is 8.43. The van der Waals surface area contributed by atoms with Crippen molar-refractivity contribution < 1.29 is 4.79 Å². The summed E-state index contributed by atoms with van der Waals surface area (Å²) in [4.78, 5) is 28.7. The Bertz CT molecular complexity index is 946. The second kappa shape index (κ2) is 6.18. The van der Waals surface area contributed by atoms with Crippen LogP contribution in [0, 0.1) is 20.8 Å². The van der Waals surface area contributed by atoms with Crippen LogP contribution in [0.4, 0.5) is 0 Å². The van der Waals surface area contributed by atoms with Gasteiger partial charge < -0.3 is 4.90 Å². The first kappa shape index (κ1) is 16.1. The SMILES string of the molecule is Cc1cc(C2CCCN(C(=O)c3sc(C)nc3C)C2)n2ncnc2n1. The van der Waals surface area contributed by atoms with Crippen molar-refractivity contribution >= 4 is 23.0 Å². The fraction of sp³-hybridized carbons (Fsp3) is 0.471. The molecule has 3 aromatic rings. The number of nitrogens with zero attached hydrogens (tertiary/aromatic N) is 6. The Morgan fingerprint density at radius 1 is 1.28 bits per heavy atom. The molecule has 0 spiro atoms. The molecular formula is C17H20N6OS. The van der Waals surface area contributed by atoms with E-state index in [1.807, 2.05) is 25.7 Å². The van der Waals surface area contributed by atoms with Gasteiger partial charge in [0.05, 0.1) is 16.4 Å². The van der Waals surface area contributed by atoms with Crippen LogP contribution in [0.15, 0.2) is 12.4 Å². The topological polar surface area (TPSA) is 76.3 Å². The predicted molar refractivity (Wildman–Crippen MR) is 95.0 cm³/mol. The zero-order valence-electron chi connectivity index (χ0n) is 14.6. The highest BCUT2D eigenvalue weighted by atomic mass is 32.1. The molecule has 0 radical (unpaired) electrons. The minimum absolute atomic E-state index is 0.0911. The summed E-state index contributed by atoms with van der Waals surface area (Å²) in [5, 5.41) is 5.25. The fourth-order valence-corrected chi connectivity index (χ4v) is 4.41. The molecule has 0 aliphatic carbocycles. The van der Waals surface area contributed by atoms with Gasteiger partial charge in [-0.15, -0.1) is 11.3 Å².